The fraction of sp³-hybridized carbons (Fsp3) is 0.429. The Bertz CT molecular complexity index is 495. The second kappa shape index (κ2) is 4.30. The molecule has 0 atom stereocenters. The van der Waals surface area contributed by atoms with E-state index < -0.39 is 0 Å². The molecular formula is C14H20N2. The summed E-state index contributed by atoms with van der Waals surface area (Å²) >= 11 is 0. The highest BCUT2D eigenvalue weighted by atomic mass is 14.7. The van der Waals surface area contributed by atoms with Gasteiger partial charge in [-0.15, -0.1) is 0 Å². The van der Waals surface area contributed by atoms with Crippen molar-refractivity contribution in [3.05, 3.63) is 35.0 Å². The number of aryl methyl sites for hydroxylation is 1. The number of aromatic nitrogens is 1. The van der Waals surface area contributed by atoms with Crippen LogP contribution >= 0.6 is 0 Å². The van der Waals surface area contributed by atoms with Crippen LogP contribution in [0, 0.1) is 6.92 Å². The maximum atomic E-state index is 5.70. The van der Waals surface area contributed by atoms with Gasteiger partial charge in [0, 0.05) is 16.6 Å². The number of rotatable bonds is 3. The van der Waals surface area contributed by atoms with E-state index in [1.807, 2.05) is 0 Å². The summed E-state index contributed by atoms with van der Waals surface area (Å²) in [5.41, 5.74) is 11.0. The number of H-pyrrole nitrogens is 1. The average molecular weight is 216 g/mol. The minimum atomic E-state index is 0.522. The molecule has 0 saturated carbocycles. The van der Waals surface area contributed by atoms with Crippen molar-refractivity contribution < 1.29 is 0 Å². The van der Waals surface area contributed by atoms with E-state index in [4.69, 9.17) is 5.73 Å². The fourth-order valence-corrected chi connectivity index (χ4v) is 2.30. The van der Waals surface area contributed by atoms with Gasteiger partial charge in [-0.3, -0.25) is 0 Å². The van der Waals surface area contributed by atoms with Crippen LogP contribution in [0.15, 0.2) is 18.2 Å². The molecule has 86 valence electrons. The summed E-state index contributed by atoms with van der Waals surface area (Å²) in [6, 6.07) is 6.58. The molecule has 16 heavy (non-hydrogen) atoms. The molecule has 2 aromatic rings. The van der Waals surface area contributed by atoms with Crippen molar-refractivity contribution in [3.63, 3.8) is 0 Å². The highest BCUT2D eigenvalue weighted by Gasteiger charge is 2.13. The number of nitrogens with one attached hydrogen (secondary N) is 1. The first kappa shape index (κ1) is 11.2. The lowest BCUT2D eigenvalue weighted by molar-refractivity contribution is 0.809. The summed E-state index contributed by atoms with van der Waals surface area (Å²) in [5.74, 6) is 0.522. The Morgan fingerprint density at radius 2 is 2.06 bits per heavy atom. The van der Waals surface area contributed by atoms with Crippen LogP contribution < -0.4 is 5.73 Å². The Morgan fingerprint density at radius 1 is 1.31 bits per heavy atom. The Kier molecular flexibility index (Phi) is 3.01. The van der Waals surface area contributed by atoms with E-state index in [-0.39, 0.29) is 0 Å². The molecule has 0 aliphatic carbocycles. The van der Waals surface area contributed by atoms with Crippen LogP contribution in [0.5, 0.6) is 0 Å². The standard InChI is InChI=1S/C14H20N2/c1-9(2)14-12(6-7-15)11-5-4-10(3)8-13(11)16-14/h4-5,8-9,16H,6-7,15H2,1-3H3. The molecule has 0 aliphatic heterocycles. The van der Waals surface area contributed by atoms with E-state index in [0.717, 1.165) is 6.42 Å². The molecule has 3 N–H and O–H groups in total. The molecule has 0 bridgehead atoms. The lowest BCUT2D eigenvalue weighted by Crippen LogP contribution is -2.05. The molecule has 2 nitrogen and oxygen atoms in total. The minimum absolute atomic E-state index is 0.522. The van der Waals surface area contributed by atoms with E-state index in [1.54, 1.807) is 0 Å². The predicted octanol–water partition coefficient (Wildman–Crippen LogP) is 3.10. The number of nitrogens with two attached hydrogens (primary N) is 1. The van der Waals surface area contributed by atoms with Gasteiger partial charge in [-0.25, -0.2) is 0 Å². The van der Waals surface area contributed by atoms with Gasteiger partial charge < -0.3 is 10.7 Å². The predicted molar refractivity (Wildman–Crippen MR) is 69.9 cm³/mol. The average Bonchev–Trinajstić information content (AvgIpc) is 2.57. The van der Waals surface area contributed by atoms with Crippen LogP contribution in [-0.4, -0.2) is 11.5 Å². The lowest BCUT2D eigenvalue weighted by Gasteiger charge is -2.06. The molecule has 0 amide bonds. The molecule has 0 radical (unpaired) electrons. The molecule has 1 heterocycles. The highest BCUT2D eigenvalue weighted by molar-refractivity contribution is 5.85. The Morgan fingerprint density at radius 3 is 2.69 bits per heavy atom. The second-order valence-corrected chi connectivity index (χ2v) is 4.76. The quantitative estimate of drug-likeness (QED) is 0.813. The Balaban J connectivity index is 2.65. The van der Waals surface area contributed by atoms with Gasteiger partial charge in [-0.1, -0.05) is 26.0 Å². The van der Waals surface area contributed by atoms with Crippen LogP contribution in [0.25, 0.3) is 10.9 Å². The fourth-order valence-electron chi connectivity index (χ4n) is 2.30. The zero-order chi connectivity index (χ0) is 11.7. The zero-order valence-electron chi connectivity index (χ0n) is 10.3. The van der Waals surface area contributed by atoms with Crippen molar-refractivity contribution >= 4 is 10.9 Å². The topological polar surface area (TPSA) is 41.8 Å². The van der Waals surface area contributed by atoms with Crippen LogP contribution in [-0.2, 0) is 6.42 Å². The van der Waals surface area contributed by atoms with Gasteiger partial charge in [0.25, 0.3) is 0 Å². The summed E-state index contributed by atoms with van der Waals surface area (Å²) in [7, 11) is 0. The van der Waals surface area contributed by atoms with E-state index in [0.29, 0.717) is 12.5 Å². The Hall–Kier alpha value is -1.28. The third kappa shape index (κ3) is 1.85. The molecule has 2 rings (SSSR count). The van der Waals surface area contributed by atoms with E-state index in [1.165, 1.54) is 27.7 Å². The summed E-state index contributed by atoms with van der Waals surface area (Å²) in [6.45, 7) is 7.27. The van der Waals surface area contributed by atoms with E-state index in [9.17, 15) is 0 Å². The number of hydrogen-bond acceptors (Lipinski definition) is 1. The van der Waals surface area contributed by atoms with Crippen LogP contribution in [0.2, 0.25) is 0 Å². The van der Waals surface area contributed by atoms with Crippen molar-refractivity contribution in [2.24, 2.45) is 5.73 Å². The van der Waals surface area contributed by atoms with Gasteiger partial charge >= 0.3 is 0 Å². The third-order valence-corrected chi connectivity index (χ3v) is 3.07. The number of aromatic amines is 1. The first-order valence-corrected chi connectivity index (χ1v) is 5.94. The molecular weight excluding hydrogens is 196 g/mol. The number of hydrogen-bond donors (Lipinski definition) is 2. The molecule has 0 aliphatic rings. The van der Waals surface area contributed by atoms with Gasteiger partial charge in [0.1, 0.15) is 0 Å². The van der Waals surface area contributed by atoms with Crippen molar-refractivity contribution in [1.82, 2.24) is 4.98 Å². The van der Waals surface area contributed by atoms with E-state index in [2.05, 4.69) is 44.0 Å². The number of benzene rings is 1. The maximum absolute atomic E-state index is 5.70. The van der Waals surface area contributed by atoms with Crippen molar-refractivity contribution in [3.8, 4) is 0 Å². The van der Waals surface area contributed by atoms with Gasteiger partial charge in [0.05, 0.1) is 0 Å². The first-order chi connectivity index (χ1) is 7.63. The lowest BCUT2D eigenvalue weighted by atomic mass is 10.0. The van der Waals surface area contributed by atoms with Crippen molar-refractivity contribution in [2.45, 2.75) is 33.1 Å². The molecule has 0 saturated heterocycles. The summed E-state index contributed by atoms with van der Waals surface area (Å²) in [4.78, 5) is 3.53. The first-order valence-electron chi connectivity index (χ1n) is 5.94. The second-order valence-electron chi connectivity index (χ2n) is 4.76. The molecule has 0 fully saturated rings. The van der Waals surface area contributed by atoms with Gasteiger partial charge in [0.2, 0.25) is 0 Å². The number of fused-ring (bicyclic) bond motifs is 1. The van der Waals surface area contributed by atoms with Gasteiger partial charge in [-0.05, 0) is 43.0 Å². The van der Waals surface area contributed by atoms with Crippen LogP contribution in [0.3, 0.4) is 0 Å². The van der Waals surface area contributed by atoms with Crippen molar-refractivity contribution in [2.75, 3.05) is 6.54 Å². The molecule has 0 spiro atoms. The largest absolute Gasteiger partial charge is 0.358 e. The highest BCUT2D eigenvalue weighted by Crippen LogP contribution is 2.28. The molecule has 1 aromatic heterocycles. The van der Waals surface area contributed by atoms with Gasteiger partial charge in [0.15, 0.2) is 0 Å². The SMILES string of the molecule is Cc1ccc2c(CCN)c(C(C)C)[nH]c2c1. The van der Waals surface area contributed by atoms with Crippen LogP contribution in [0.1, 0.15) is 36.6 Å². The Labute approximate surface area is 96.9 Å². The monoisotopic (exact) mass is 216 g/mol. The molecule has 1 aromatic carbocycles. The van der Waals surface area contributed by atoms with Crippen molar-refractivity contribution in [1.29, 1.82) is 0 Å². The molecule has 0 unspecified atom stereocenters. The van der Waals surface area contributed by atoms with Crippen LogP contribution in [0.4, 0.5) is 0 Å². The zero-order valence-corrected chi connectivity index (χ0v) is 10.3. The van der Waals surface area contributed by atoms with E-state index >= 15 is 0 Å². The van der Waals surface area contributed by atoms with Gasteiger partial charge in [-0.2, -0.15) is 0 Å². The third-order valence-electron chi connectivity index (χ3n) is 3.07. The smallest absolute Gasteiger partial charge is 0.0461 e. The summed E-state index contributed by atoms with van der Waals surface area (Å²) in [5, 5.41) is 1.33. The minimum Gasteiger partial charge on any atom is -0.358 e. The summed E-state index contributed by atoms with van der Waals surface area (Å²) in [6.07, 6.45) is 0.955. The summed E-state index contributed by atoms with van der Waals surface area (Å²) < 4.78 is 0. The maximum Gasteiger partial charge on any atom is 0.0461 e. The molecule has 2 heteroatoms. The normalized spacial score (nSPS) is 11.6.